The van der Waals surface area contributed by atoms with Crippen molar-refractivity contribution in [2.24, 2.45) is 5.92 Å². The molecule has 0 aliphatic carbocycles. The van der Waals surface area contributed by atoms with Gasteiger partial charge in [0, 0.05) is 16.5 Å². The van der Waals surface area contributed by atoms with E-state index in [2.05, 4.69) is 15.9 Å². The Kier molecular flexibility index (Phi) is 4.36. The first-order valence-corrected chi connectivity index (χ1v) is 5.91. The number of halogens is 4. The Morgan fingerprint density at radius 2 is 1.94 bits per heavy atom. The fourth-order valence-corrected chi connectivity index (χ4v) is 1.86. The van der Waals surface area contributed by atoms with E-state index >= 15 is 0 Å². The lowest BCUT2D eigenvalue weighted by molar-refractivity contribution is -0.137. The van der Waals surface area contributed by atoms with Gasteiger partial charge in [0.1, 0.15) is 0 Å². The SMILES string of the molecule is CC(C)CC(=O)c1cc(C(F)(F)F)ccc1Br. The number of hydrogen-bond donors (Lipinski definition) is 0. The maximum absolute atomic E-state index is 12.5. The molecule has 0 saturated heterocycles. The minimum absolute atomic E-state index is 0.0912. The summed E-state index contributed by atoms with van der Waals surface area (Å²) < 4.78 is 37.9. The van der Waals surface area contributed by atoms with Gasteiger partial charge in [-0.15, -0.1) is 0 Å². The fraction of sp³-hybridized carbons (Fsp3) is 0.417. The maximum atomic E-state index is 12.5. The highest BCUT2D eigenvalue weighted by molar-refractivity contribution is 9.10. The summed E-state index contributed by atoms with van der Waals surface area (Å²) in [4.78, 5) is 11.8. The molecule has 1 aromatic carbocycles. The van der Waals surface area contributed by atoms with Crippen molar-refractivity contribution in [3.8, 4) is 0 Å². The number of carbonyl (C=O) groups is 1. The molecule has 0 saturated carbocycles. The van der Waals surface area contributed by atoms with Crippen molar-refractivity contribution in [1.29, 1.82) is 0 Å². The van der Waals surface area contributed by atoms with Crippen LogP contribution in [-0.2, 0) is 6.18 Å². The molecule has 0 N–H and O–H groups in total. The molecule has 5 heteroatoms. The smallest absolute Gasteiger partial charge is 0.294 e. The molecule has 0 unspecified atom stereocenters. The second kappa shape index (κ2) is 5.21. The summed E-state index contributed by atoms with van der Waals surface area (Å²) in [5.74, 6) is -0.165. The zero-order valence-corrected chi connectivity index (χ0v) is 11.0. The molecular formula is C12H12BrF3O. The van der Waals surface area contributed by atoms with Crippen molar-refractivity contribution in [2.75, 3.05) is 0 Å². The summed E-state index contributed by atoms with van der Waals surface area (Å²) in [5, 5.41) is 0. The van der Waals surface area contributed by atoms with Crippen molar-refractivity contribution in [1.82, 2.24) is 0 Å². The second-order valence-corrected chi connectivity index (χ2v) is 5.07. The molecule has 17 heavy (non-hydrogen) atoms. The number of benzene rings is 1. The first-order chi connectivity index (χ1) is 7.71. The predicted octanol–water partition coefficient (Wildman–Crippen LogP) is 4.70. The Balaban J connectivity index is 3.11. The largest absolute Gasteiger partial charge is 0.416 e. The van der Waals surface area contributed by atoms with Crippen molar-refractivity contribution in [2.45, 2.75) is 26.4 Å². The molecule has 1 aromatic rings. The lowest BCUT2D eigenvalue weighted by atomic mass is 9.99. The predicted molar refractivity (Wildman–Crippen MR) is 62.9 cm³/mol. The van der Waals surface area contributed by atoms with E-state index in [4.69, 9.17) is 0 Å². The molecule has 0 spiro atoms. The van der Waals surface area contributed by atoms with Gasteiger partial charge in [0.05, 0.1) is 5.56 Å². The molecule has 0 heterocycles. The van der Waals surface area contributed by atoms with Gasteiger partial charge in [-0.1, -0.05) is 29.8 Å². The molecule has 0 atom stereocenters. The van der Waals surface area contributed by atoms with Crippen molar-refractivity contribution >= 4 is 21.7 Å². The van der Waals surface area contributed by atoms with E-state index < -0.39 is 11.7 Å². The minimum atomic E-state index is -4.42. The maximum Gasteiger partial charge on any atom is 0.416 e. The van der Waals surface area contributed by atoms with Crippen LogP contribution in [0, 0.1) is 5.92 Å². The molecule has 0 aliphatic rings. The molecule has 0 bridgehead atoms. The number of Topliss-reactive ketones (excluding diaryl/α,β-unsaturated/α-hetero) is 1. The minimum Gasteiger partial charge on any atom is -0.294 e. The highest BCUT2D eigenvalue weighted by Gasteiger charge is 2.31. The Morgan fingerprint density at radius 3 is 2.41 bits per heavy atom. The first kappa shape index (κ1) is 14.2. The number of rotatable bonds is 3. The van der Waals surface area contributed by atoms with Gasteiger partial charge in [0.25, 0.3) is 0 Å². The summed E-state index contributed by atoms with van der Waals surface area (Å²) >= 11 is 3.10. The topological polar surface area (TPSA) is 17.1 Å². The Bertz CT molecular complexity index is 424. The van der Waals surface area contributed by atoms with Gasteiger partial charge in [-0.25, -0.2) is 0 Å². The molecule has 0 aliphatic heterocycles. The van der Waals surface area contributed by atoms with Crippen molar-refractivity contribution < 1.29 is 18.0 Å². The van der Waals surface area contributed by atoms with E-state index in [1.54, 1.807) is 0 Å². The van der Waals surface area contributed by atoms with E-state index in [1.165, 1.54) is 6.07 Å². The zero-order chi connectivity index (χ0) is 13.2. The highest BCUT2D eigenvalue weighted by Crippen LogP contribution is 2.32. The number of alkyl halides is 3. The lowest BCUT2D eigenvalue weighted by Crippen LogP contribution is -2.09. The van der Waals surface area contributed by atoms with Gasteiger partial charge in [0.2, 0.25) is 0 Å². The van der Waals surface area contributed by atoms with Crippen LogP contribution < -0.4 is 0 Å². The van der Waals surface area contributed by atoms with Crippen LogP contribution in [0.15, 0.2) is 22.7 Å². The van der Waals surface area contributed by atoms with Crippen LogP contribution in [0.4, 0.5) is 13.2 Å². The number of carbonyl (C=O) groups excluding carboxylic acids is 1. The summed E-state index contributed by atoms with van der Waals surface area (Å²) in [5.41, 5.74) is -0.707. The second-order valence-electron chi connectivity index (χ2n) is 4.21. The third-order valence-electron chi connectivity index (χ3n) is 2.19. The normalized spacial score (nSPS) is 11.9. The molecule has 0 amide bonds. The van der Waals surface area contributed by atoms with E-state index in [9.17, 15) is 18.0 Å². The van der Waals surface area contributed by atoms with Gasteiger partial charge in [-0.3, -0.25) is 4.79 Å². The van der Waals surface area contributed by atoms with Gasteiger partial charge in [-0.05, 0) is 24.1 Å². The van der Waals surface area contributed by atoms with Gasteiger partial charge in [0.15, 0.2) is 5.78 Å². The molecule has 0 fully saturated rings. The van der Waals surface area contributed by atoms with Crippen LogP contribution in [0.5, 0.6) is 0 Å². The first-order valence-electron chi connectivity index (χ1n) is 5.11. The summed E-state index contributed by atoms with van der Waals surface area (Å²) in [6.07, 6.45) is -4.19. The zero-order valence-electron chi connectivity index (χ0n) is 9.44. The van der Waals surface area contributed by atoms with Gasteiger partial charge < -0.3 is 0 Å². The van der Waals surface area contributed by atoms with Gasteiger partial charge in [-0.2, -0.15) is 13.2 Å². The Hall–Kier alpha value is -0.840. The molecule has 0 aromatic heterocycles. The van der Waals surface area contributed by atoms with Crippen LogP contribution in [0.1, 0.15) is 36.2 Å². The van der Waals surface area contributed by atoms with E-state index in [1.807, 2.05) is 13.8 Å². The van der Waals surface area contributed by atoms with Crippen molar-refractivity contribution in [3.05, 3.63) is 33.8 Å². The fourth-order valence-electron chi connectivity index (χ4n) is 1.40. The number of ketones is 1. The average Bonchev–Trinajstić information content (AvgIpc) is 2.15. The average molecular weight is 309 g/mol. The summed E-state index contributed by atoms with van der Waals surface area (Å²) in [6.45, 7) is 3.69. The number of hydrogen-bond acceptors (Lipinski definition) is 1. The molecule has 0 radical (unpaired) electrons. The van der Waals surface area contributed by atoms with E-state index in [0.717, 1.165) is 12.1 Å². The highest BCUT2D eigenvalue weighted by atomic mass is 79.9. The third-order valence-corrected chi connectivity index (χ3v) is 2.88. The van der Waals surface area contributed by atoms with Crippen LogP contribution in [0.2, 0.25) is 0 Å². The van der Waals surface area contributed by atoms with Crippen LogP contribution in [-0.4, -0.2) is 5.78 Å². The molecule has 1 nitrogen and oxygen atoms in total. The van der Waals surface area contributed by atoms with E-state index in [0.29, 0.717) is 4.47 Å². The molecule has 94 valence electrons. The summed E-state index contributed by atoms with van der Waals surface area (Å²) in [6, 6.07) is 3.11. The Morgan fingerprint density at radius 1 is 1.35 bits per heavy atom. The monoisotopic (exact) mass is 308 g/mol. The third kappa shape index (κ3) is 3.84. The van der Waals surface area contributed by atoms with Crippen LogP contribution in [0.3, 0.4) is 0 Å². The standard InChI is InChI=1S/C12H12BrF3O/c1-7(2)5-11(17)9-6-8(12(14,15)16)3-4-10(9)13/h3-4,6-7H,5H2,1-2H3. The quantitative estimate of drug-likeness (QED) is 0.740. The van der Waals surface area contributed by atoms with Crippen LogP contribution >= 0.6 is 15.9 Å². The lowest BCUT2D eigenvalue weighted by Gasteiger charge is -2.10. The summed E-state index contributed by atoms with van der Waals surface area (Å²) in [7, 11) is 0. The van der Waals surface area contributed by atoms with E-state index in [-0.39, 0.29) is 23.7 Å². The molecular weight excluding hydrogens is 297 g/mol. The Labute approximate surface area is 106 Å². The van der Waals surface area contributed by atoms with Crippen molar-refractivity contribution in [3.63, 3.8) is 0 Å². The van der Waals surface area contributed by atoms with Gasteiger partial charge >= 0.3 is 6.18 Å². The van der Waals surface area contributed by atoms with Crippen LogP contribution in [0.25, 0.3) is 0 Å². The molecule has 1 rings (SSSR count).